The number of nitrogens with zero attached hydrogens (tertiary/aromatic N) is 2. The zero-order chi connectivity index (χ0) is 12.1. The molecule has 1 fully saturated rings. The molecule has 5 nitrogen and oxygen atoms in total. The lowest BCUT2D eigenvalue weighted by Gasteiger charge is -2.23. The first-order chi connectivity index (χ1) is 8.27. The van der Waals surface area contributed by atoms with Gasteiger partial charge in [-0.2, -0.15) is 0 Å². The normalized spacial score (nSPS) is 21.8. The van der Waals surface area contributed by atoms with Crippen molar-refractivity contribution in [2.75, 3.05) is 13.1 Å². The van der Waals surface area contributed by atoms with Crippen LogP contribution in [0.4, 0.5) is 0 Å². The summed E-state index contributed by atoms with van der Waals surface area (Å²) in [6.45, 7) is 3.69. The molecule has 0 bridgehead atoms. The molecule has 2 heterocycles. The first-order valence-electron chi connectivity index (χ1n) is 6.05. The monoisotopic (exact) mass is 234 g/mol. The second kappa shape index (κ2) is 5.72. The molecule has 1 aromatic heterocycles. The summed E-state index contributed by atoms with van der Waals surface area (Å²) in [4.78, 5) is 20.2. The molecule has 0 radical (unpaired) electrons. The van der Waals surface area contributed by atoms with E-state index in [2.05, 4.69) is 20.6 Å². The fraction of sp³-hybridized carbons (Fsp3) is 0.583. The highest BCUT2D eigenvalue weighted by Crippen LogP contribution is 2.12. The van der Waals surface area contributed by atoms with Gasteiger partial charge in [0.15, 0.2) is 0 Å². The lowest BCUT2D eigenvalue weighted by Crippen LogP contribution is -2.41. The van der Waals surface area contributed by atoms with Gasteiger partial charge in [-0.25, -0.2) is 9.97 Å². The van der Waals surface area contributed by atoms with E-state index in [-0.39, 0.29) is 17.9 Å². The molecule has 1 amide bonds. The Bertz CT molecular complexity index is 362. The smallest absolute Gasteiger partial charge is 0.224 e. The minimum atomic E-state index is -0.134. The van der Waals surface area contributed by atoms with Crippen molar-refractivity contribution >= 4 is 5.91 Å². The van der Waals surface area contributed by atoms with E-state index in [0.717, 1.165) is 25.9 Å². The predicted molar refractivity (Wildman–Crippen MR) is 64.2 cm³/mol. The van der Waals surface area contributed by atoms with Crippen molar-refractivity contribution in [2.45, 2.75) is 25.8 Å². The molecule has 2 N–H and O–H groups in total. The first-order valence-corrected chi connectivity index (χ1v) is 6.05. The maximum Gasteiger partial charge on any atom is 0.224 e. The molecule has 0 spiro atoms. The van der Waals surface area contributed by atoms with Crippen LogP contribution in [0.3, 0.4) is 0 Å². The van der Waals surface area contributed by atoms with Crippen LogP contribution < -0.4 is 10.6 Å². The number of piperidine rings is 1. The Balaban J connectivity index is 1.89. The SMILES string of the molecule is C[C@H](NC(=O)C1CCCNC1)c1ncccn1. The average Bonchev–Trinajstić information content (AvgIpc) is 2.40. The Hall–Kier alpha value is -1.49. The topological polar surface area (TPSA) is 66.9 Å². The number of rotatable bonds is 3. The van der Waals surface area contributed by atoms with Crippen molar-refractivity contribution in [3.05, 3.63) is 24.3 Å². The van der Waals surface area contributed by atoms with Crippen LogP contribution >= 0.6 is 0 Å². The Kier molecular flexibility index (Phi) is 4.03. The van der Waals surface area contributed by atoms with Crippen LogP contribution in [0.5, 0.6) is 0 Å². The van der Waals surface area contributed by atoms with E-state index < -0.39 is 0 Å². The quantitative estimate of drug-likeness (QED) is 0.806. The number of nitrogens with one attached hydrogen (secondary N) is 2. The molecule has 5 heteroatoms. The number of aromatic nitrogens is 2. The molecule has 2 rings (SSSR count). The summed E-state index contributed by atoms with van der Waals surface area (Å²) >= 11 is 0. The molecule has 1 aliphatic heterocycles. The molecule has 0 aromatic carbocycles. The van der Waals surface area contributed by atoms with Crippen molar-refractivity contribution in [1.82, 2.24) is 20.6 Å². The highest BCUT2D eigenvalue weighted by molar-refractivity contribution is 5.79. The van der Waals surface area contributed by atoms with Crippen LogP contribution in [-0.4, -0.2) is 29.0 Å². The van der Waals surface area contributed by atoms with Crippen LogP contribution in [-0.2, 0) is 4.79 Å². The number of hydrogen-bond donors (Lipinski definition) is 2. The van der Waals surface area contributed by atoms with Gasteiger partial charge in [-0.3, -0.25) is 4.79 Å². The summed E-state index contributed by atoms with van der Waals surface area (Å²) in [5, 5.41) is 6.20. The van der Waals surface area contributed by atoms with Gasteiger partial charge in [0.05, 0.1) is 12.0 Å². The van der Waals surface area contributed by atoms with Crippen molar-refractivity contribution < 1.29 is 4.79 Å². The zero-order valence-corrected chi connectivity index (χ0v) is 10.0. The molecule has 1 saturated heterocycles. The van der Waals surface area contributed by atoms with Gasteiger partial charge in [0.2, 0.25) is 5.91 Å². The van der Waals surface area contributed by atoms with Gasteiger partial charge in [-0.15, -0.1) is 0 Å². The van der Waals surface area contributed by atoms with E-state index in [1.54, 1.807) is 18.5 Å². The lowest BCUT2D eigenvalue weighted by molar-refractivity contribution is -0.126. The van der Waals surface area contributed by atoms with Crippen molar-refractivity contribution in [1.29, 1.82) is 0 Å². The zero-order valence-electron chi connectivity index (χ0n) is 10.0. The molecule has 17 heavy (non-hydrogen) atoms. The van der Waals surface area contributed by atoms with E-state index in [1.807, 2.05) is 6.92 Å². The van der Waals surface area contributed by atoms with E-state index in [9.17, 15) is 4.79 Å². The van der Waals surface area contributed by atoms with Crippen LogP contribution in [0.1, 0.15) is 31.6 Å². The summed E-state index contributed by atoms with van der Waals surface area (Å²) in [7, 11) is 0. The molecule has 2 atom stereocenters. The minimum absolute atomic E-state index is 0.0786. The van der Waals surface area contributed by atoms with Crippen molar-refractivity contribution in [3.8, 4) is 0 Å². The summed E-state index contributed by atoms with van der Waals surface area (Å²) in [6.07, 6.45) is 5.40. The third kappa shape index (κ3) is 3.23. The van der Waals surface area contributed by atoms with Gasteiger partial charge in [-0.1, -0.05) is 0 Å². The van der Waals surface area contributed by atoms with E-state index >= 15 is 0 Å². The maximum absolute atomic E-state index is 12.0. The molecule has 0 aliphatic carbocycles. The molecular formula is C12H18N4O. The highest BCUT2D eigenvalue weighted by Gasteiger charge is 2.22. The third-order valence-corrected chi connectivity index (χ3v) is 3.00. The first kappa shape index (κ1) is 12.0. The number of amides is 1. The van der Waals surface area contributed by atoms with E-state index in [4.69, 9.17) is 0 Å². The molecular weight excluding hydrogens is 216 g/mol. The Morgan fingerprint density at radius 2 is 2.29 bits per heavy atom. The standard InChI is InChI=1S/C12H18N4O/c1-9(11-14-6-3-7-15-11)16-12(17)10-4-2-5-13-8-10/h3,6-7,9-10,13H,2,4-5,8H2,1H3,(H,16,17)/t9-,10?/m0/s1. The summed E-state index contributed by atoms with van der Waals surface area (Å²) < 4.78 is 0. The predicted octanol–water partition coefficient (Wildman–Crippen LogP) is 0.653. The Labute approximate surface area is 101 Å². The second-order valence-corrected chi connectivity index (χ2v) is 4.38. The van der Waals surface area contributed by atoms with E-state index in [0.29, 0.717) is 5.82 Å². The largest absolute Gasteiger partial charge is 0.346 e. The number of carbonyl (C=O) groups excluding carboxylic acids is 1. The maximum atomic E-state index is 12.0. The van der Waals surface area contributed by atoms with Gasteiger partial charge in [0.25, 0.3) is 0 Å². The fourth-order valence-corrected chi connectivity index (χ4v) is 2.01. The Morgan fingerprint density at radius 3 is 2.94 bits per heavy atom. The van der Waals surface area contributed by atoms with Gasteiger partial charge in [0.1, 0.15) is 5.82 Å². The van der Waals surface area contributed by atoms with Crippen molar-refractivity contribution in [2.24, 2.45) is 5.92 Å². The van der Waals surface area contributed by atoms with E-state index in [1.165, 1.54) is 0 Å². The number of carbonyl (C=O) groups is 1. The van der Waals surface area contributed by atoms with Gasteiger partial charge >= 0.3 is 0 Å². The van der Waals surface area contributed by atoms with Crippen molar-refractivity contribution in [3.63, 3.8) is 0 Å². The molecule has 1 aliphatic rings. The van der Waals surface area contributed by atoms with Gasteiger partial charge in [0, 0.05) is 18.9 Å². The highest BCUT2D eigenvalue weighted by atomic mass is 16.2. The van der Waals surface area contributed by atoms with Gasteiger partial charge < -0.3 is 10.6 Å². The fourth-order valence-electron chi connectivity index (χ4n) is 2.01. The van der Waals surface area contributed by atoms with Crippen LogP contribution in [0, 0.1) is 5.92 Å². The summed E-state index contributed by atoms with van der Waals surface area (Å²) in [5.41, 5.74) is 0. The molecule has 1 aromatic rings. The molecule has 92 valence electrons. The summed E-state index contributed by atoms with van der Waals surface area (Å²) in [5.74, 6) is 0.830. The van der Waals surface area contributed by atoms with Crippen LogP contribution in [0.2, 0.25) is 0 Å². The molecule has 0 saturated carbocycles. The van der Waals surface area contributed by atoms with Crippen LogP contribution in [0.25, 0.3) is 0 Å². The third-order valence-electron chi connectivity index (χ3n) is 3.00. The summed E-state index contributed by atoms with van der Waals surface area (Å²) in [6, 6.07) is 1.63. The lowest BCUT2D eigenvalue weighted by atomic mass is 9.98. The van der Waals surface area contributed by atoms with Crippen LogP contribution in [0.15, 0.2) is 18.5 Å². The number of hydrogen-bond acceptors (Lipinski definition) is 4. The average molecular weight is 234 g/mol. The second-order valence-electron chi connectivity index (χ2n) is 4.38. The molecule has 1 unspecified atom stereocenters. The van der Waals surface area contributed by atoms with Gasteiger partial charge in [-0.05, 0) is 32.4 Å². The Morgan fingerprint density at radius 1 is 1.53 bits per heavy atom. The minimum Gasteiger partial charge on any atom is -0.346 e.